The topological polar surface area (TPSA) is 39.1 Å². The number of hydrogen-bond acceptors (Lipinski definition) is 3. The fourth-order valence-electron chi connectivity index (χ4n) is 3.63. The number of anilines is 1. The Kier molecular flexibility index (Phi) is 2.57. The maximum absolute atomic E-state index is 5.64. The fourth-order valence-corrected chi connectivity index (χ4v) is 3.63. The van der Waals surface area contributed by atoms with Crippen LogP contribution in [0.4, 0.5) is 5.69 Å². The summed E-state index contributed by atoms with van der Waals surface area (Å²) >= 11 is 0. The molecule has 0 amide bonds. The predicted octanol–water partition coefficient (Wildman–Crippen LogP) is 2.27. The third-order valence-electron chi connectivity index (χ3n) is 4.74. The van der Waals surface area contributed by atoms with Gasteiger partial charge in [-0.2, -0.15) is 5.10 Å². The van der Waals surface area contributed by atoms with Crippen molar-refractivity contribution in [3.05, 3.63) is 12.4 Å². The molecule has 2 saturated carbocycles. The Balaban J connectivity index is 1.36. The van der Waals surface area contributed by atoms with Gasteiger partial charge in [0.15, 0.2) is 0 Å². The van der Waals surface area contributed by atoms with E-state index in [1.807, 2.05) is 10.9 Å². The van der Waals surface area contributed by atoms with E-state index in [9.17, 15) is 0 Å². The van der Waals surface area contributed by atoms with E-state index < -0.39 is 0 Å². The van der Waals surface area contributed by atoms with Crippen molar-refractivity contribution in [3.63, 3.8) is 0 Å². The Labute approximate surface area is 108 Å². The van der Waals surface area contributed by atoms with Crippen molar-refractivity contribution in [2.75, 3.05) is 11.9 Å². The van der Waals surface area contributed by atoms with Gasteiger partial charge < -0.3 is 10.1 Å². The van der Waals surface area contributed by atoms with Crippen molar-refractivity contribution in [1.82, 2.24) is 9.78 Å². The van der Waals surface area contributed by atoms with E-state index in [1.165, 1.54) is 37.8 Å². The highest BCUT2D eigenvalue weighted by Gasteiger charge is 2.47. The zero-order valence-electron chi connectivity index (χ0n) is 10.7. The van der Waals surface area contributed by atoms with Crippen molar-refractivity contribution in [2.45, 2.75) is 50.8 Å². The largest absolute Gasteiger partial charge is 0.379 e. The number of fused-ring (bicyclic) bond motifs is 1. The van der Waals surface area contributed by atoms with Gasteiger partial charge in [-0.05, 0) is 43.9 Å². The molecule has 1 aromatic heterocycles. The molecule has 1 aliphatic heterocycles. The highest BCUT2D eigenvalue weighted by molar-refractivity contribution is 5.40. The summed E-state index contributed by atoms with van der Waals surface area (Å²) in [6.07, 6.45) is 11.1. The molecule has 0 bridgehead atoms. The maximum atomic E-state index is 5.64. The molecule has 1 saturated heterocycles. The second kappa shape index (κ2) is 4.26. The van der Waals surface area contributed by atoms with Crippen molar-refractivity contribution >= 4 is 5.69 Å². The van der Waals surface area contributed by atoms with Crippen LogP contribution in [0.3, 0.4) is 0 Å². The molecule has 0 aromatic carbocycles. The molecule has 4 nitrogen and oxygen atoms in total. The summed E-state index contributed by atoms with van der Waals surface area (Å²) in [6, 6.07) is 0.704. The zero-order chi connectivity index (χ0) is 11.9. The molecule has 2 aliphatic carbocycles. The summed E-state index contributed by atoms with van der Waals surface area (Å²) in [4.78, 5) is 0. The monoisotopic (exact) mass is 247 g/mol. The van der Waals surface area contributed by atoms with Gasteiger partial charge >= 0.3 is 0 Å². The Morgan fingerprint density at radius 2 is 2.39 bits per heavy atom. The lowest BCUT2D eigenvalue weighted by molar-refractivity contribution is 0.0940. The first-order valence-electron chi connectivity index (χ1n) is 7.29. The van der Waals surface area contributed by atoms with Gasteiger partial charge in [0.1, 0.15) is 0 Å². The molecule has 1 N–H and O–H groups in total. The highest BCUT2D eigenvalue weighted by Crippen LogP contribution is 2.52. The van der Waals surface area contributed by atoms with Gasteiger partial charge in [0.2, 0.25) is 0 Å². The van der Waals surface area contributed by atoms with Gasteiger partial charge in [-0.3, -0.25) is 4.68 Å². The molecule has 4 rings (SSSR count). The lowest BCUT2D eigenvalue weighted by Crippen LogP contribution is -2.18. The third-order valence-corrected chi connectivity index (χ3v) is 4.74. The van der Waals surface area contributed by atoms with E-state index in [2.05, 4.69) is 16.6 Å². The van der Waals surface area contributed by atoms with Gasteiger partial charge in [-0.15, -0.1) is 0 Å². The van der Waals surface area contributed by atoms with E-state index in [0.29, 0.717) is 12.1 Å². The zero-order valence-corrected chi connectivity index (χ0v) is 10.7. The summed E-state index contributed by atoms with van der Waals surface area (Å²) < 4.78 is 7.67. The first-order chi connectivity index (χ1) is 8.88. The minimum absolute atomic E-state index is 0.372. The van der Waals surface area contributed by atoms with E-state index in [-0.39, 0.29) is 0 Å². The number of aromatic nitrogens is 2. The molecule has 0 radical (unpaired) electrons. The average molecular weight is 247 g/mol. The number of ether oxygens (including phenoxy) is 1. The summed E-state index contributed by atoms with van der Waals surface area (Å²) in [5.74, 6) is 1.98. The van der Waals surface area contributed by atoms with Crippen molar-refractivity contribution in [3.8, 4) is 0 Å². The van der Waals surface area contributed by atoms with E-state index in [0.717, 1.165) is 25.0 Å². The minimum atomic E-state index is 0.372. The smallest absolute Gasteiger partial charge is 0.0771 e. The Hall–Kier alpha value is -1.03. The van der Waals surface area contributed by atoms with Gasteiger partial charge in [-0.1, -0.05) is 0 Å². The Bertz CT molecular complexity index is 424. The molecule has 2 heterocycles. The molecular formula is C14H21N3O. The van der Waals surface area contributed by atoms with Crippen molar-refractivity contribution in [2.24, 2.45) is 11.8 Å². The number of rotatable bonds is 4. The Morgan fingerprint density at radius 3 is 3.11 bits per heavy atom. The van der Waals surface area contributed by atoms with Crippen LogP contribution in [0.1, 0.15) is 32.1 Å². The van der Waals surface area contributed by atoms with Gasteiger partial charge in [0, 0.05) is 18.8 Å². The molecule has 18 heavy (non-hydrogen) atoms. The van der Waals surface area contributed by atoms with Crippen LogP contribution in [0, 0.1) is 11.8 Å². The van der Waals surface area contributed by atoms with Crippen LogP contribution in [0.2, 0.25) is 0 Å². The molecular weight excluding hydrogens is 226 g/mol. The molecule has 4 atom stereocenters. The summed E-state index contributed by atoms with van der Waals surface area (Å²) in [6.45, 7) is 1.82. The van der Waals surface area contributed by atoms with Crippen LogP contribution in [-0.2, 0) is 11.3 Å². The van der Waals surface area contributed by atoms with Crippen molar-refractivity contribution < 1.29 is 4.74 Å². The van der Waals surface area contributed by atoms with Crippen LogP contribution < -0.4 is 5.32 Å². The van der Waals surface area contributed by atoms with Crippen LogP contribution >= 0.6 is 0 Å². The summed E-state index contributed by atoms with van der Waals surface area (Å²) in [7, 11) is 0. The lowest BCUT2D eigenvalue weighted by Gasteiger charge is -2.13. The van der Waals surface area contributed by atoms with E-state index >= 15 is 0 Å². The van der Waals surface area contributed by atoms with Crippen molar-refractivity contribution in [1.29, 1.82) is 0 Å². The molecule has 3 fully saturated rings. The van der Waals surface area contributed by atoms with Crippen LogP contribution in [-0.4, -0.2) is 28.5 Å². The van der Waals surface area contributed by atoms with Crippen LogP contribution in [0.5, 0.6) is 0 Å². The van der Waals surface area contributed by atoms with Gasteiger partial charge in [-0.25, -0.2) is 0 Å². The van der Waals surface area contributed by atoms with Crippen LogP contribution in [0.15, 0.2) is 12.4 Å². The minimum Gasteiger partial charge on any atom is -0.379 e. The van der Waals surface area contributed by atoms with E-state index in [1.54, 1.807) is 0 Å². The third kappa shape index (κ3) is 2.03. The fraction of sp³-hybridized carbons (Fsp3) is 0.786. The molecule has 4 heteroatoms. The molecule has 3 aliphatic rings. The number of nitrogens with one attached hydrogen (secondary N) is 1. The first-order valence-corrected chi connectivity index (χ1v) is 7.29. The molecule has 1 aromatic rings. The normalized spacial score (nSPS) is 37.8. The summed E-state index contributed by atoms with van der Waals surface area (Å²) in [5, 5.41) is 8.09. The standard InChI is InChI=1S/C14H21N3O/c1-2-12(18-5-1)9-17-8-11(7-15-17)16-14-4-3-10-6-13(10)14/h7-8,10,12-14,16H,1-6,9H2/t10-,12?,13+,14?/m0/s1. The highest BCUT2D eigenvalue weighted by atomic mass is 16.5. The van der Waals surface area contributed by atoms with E-state index in [4.69, 9.17) is 4.74 Å². The predicted molar refractivity (Wildman–Crippen MR) is 69.4 cm³/mol. The second-order valence-electron chi connectivity index (χ2n) is 6.07. The number of hydrogen-bond donors (Lipinski definition) is 1. The quantitative estimate of drug-likeness (QED) is 0.887. The van der Waals surface area contributed by atoms with Crippen LogP contribution in [0.25, 0.3) is 0 Å². The van der Waals surface area contributed by atoms with Gasteiger partial charge in [0.05, 0.1) is 24.5 Å². The number of nitrogens with zero attached hydrogens (tertiary/aromatic N) is 2. The van der Waals surface area contributed by atoms with Gasteiger partial charge in [0.25, 0.3) is 0 Å². The Morgan fingerprint density at radius 1 is 1.39 bits per heavy atom. The molecule has 98 valence electrons. The average Bonchev–Trinajstić information content (AvgIpc) is 2.77. The SMILES string of the molecule is c1nn(CC2CCCO2)cc1NC1CC[C@H]2C[C@@H]12. The second-order valence-corrected chi connectivity index (χ2v) is 6.07. The molecule has 0 spiro atoms. The maximum Gasteiger partial charge on any atom is 0.0771 e. The first kappa shape index (κ1) is 10.9. The lowest BCUT2D eigenvalue weighted by atomic mass is 10.2. The molecule has 2 unspecified atom stereocenters. The summed E-state index contributed by atoms with van der Waals surface area (Å²) in [5.41, 5.74) is 1.19.